The first-order chi connectivity index (χ1) is 11.2. The number of carbonyl (C=O) groups is 1. The predicted octanol–water partition coefficient (Wildman–Crippen LogP) is 2.64. The molecule has 5 heteroatoms. The molecule has 0 unspecified atom stereocenters. The van der Waals surface area contributed by atoms with Crippen LogP contribution in [0.25, 0.3) is 10.9 Å². The van der Waals surface area contributed by atoms with Crippen LogP contribution in [0.2, 0.25) is 0 Å². The number of rotatable bonds is 2. The second-order valence-electron chi connectivity index (χ2n) is 6.53. The van der Waals surface area contributed by atoms with Crippen molar-refractivity contribution in [1.29, 1.82) is 0 Å². The minimum atomic E-state index is -0.321. The molecule has 1 spiro atoms. The maximum absolute atomic E-state index is 12.0. The zero-order valence-electron chi connectivity index (χ0n) is 13.2. The fourth-order valence-electron chi connectivity index (χ4n) is 3.54. The van der Waals surface area contributed by atoms with E-state index in [2.05, 4.69) is 22.0 Å². The lowest BCUT2D eigenvalue weighted by atomic mass is 9.77. The van der Waals surface area contributed by atoms with Gasteiger partial charge in [0.15, 0.2) is 0 Å². The summed E-state index contributed by atoms with van der Waals surface area (Å²) in [6, 6.07) is 7.85. The molecule has 3 heterocycles. The van der Waals surface area contributed by atoms with E-state index in [1.54, 1.807) is 12.3 Å². The maximum Gasteiger partial charge on any atom is 0.338 e. The minimum absolute atomic E-state index is 0.321. The van der Waals surface area contributed by atoms with Gasteiger partial charge in [0.05, 0.1) is 31.4 Å². The molecule has 5 nitrogen and oxygen atoms in total. The minimum Gasteiger partial charge on any atom is -0.465 e. The Balaban J connectivity index is 1.64. The van der Waals surface area contributed by atoms with Gasteiger partial charge in [0.1, 0.15) is 0 Å². The normalized spacial score (nSPS) is 19.6. The zero-order valence-corrected chi connectivity index (χ0v) is 13.2. The molecule has 2 fully saturated rings. The molecule has 1 aromatic carbocycles. The van der Waals surface area contributed by atoms with Gasteiger partial charge in [-0.25, -0.2) is 4.79 Å². The number of hydrogen-bond donors (Lipinski definition) is 0. The molecular formula is C18H20N2O3. The van der Waals surface area contributed by atoms with Crippen molar-refractivity contribution < 1.29 is 14.3 Å². The first-order valence-corrected chi connectivity index (χ1v) is 8.01. The van der Waals surface area contributed by atoms with Gasteiger partial charge in [0.2, 0.25) is 0 Å². The molecule has 2 aliphatic heterocycles. The van der Waals surface area contributed by atoms with Crippen molar-refractivity contribution in [1.82, 2.24) is 4.98 Å². The van der Waals surface area contributed by atoms with Crippen molar-refractivity contribution in [3.63, 3.8) is 0 Å². The Hall–Kier alpha value is -2.14. The largest absolute Gasteiger partial charge is 0.465 e. The molecule has 0 bridgehead atoms. The van der Waals surface area contributed by atoms with Crippen LogP contribution in [0.15, 0.2) is 30.5 Å². The van der Waals surface area contributed by atoms with Crippen molar-refractivity contribution in [2.75, 3.05) is 38.3 Å². The molecule has 2 saturated heterocycles. The summed E-state index contributed by atoms with van der Waals surface area (Å²) in [6.07, 6.45) is 3.99. The van der Waals surface area contributed by atoms with E-state index < -0.39 is 0 Å². The van der Waals surface area contributed by atoms with Crippen LogP contribution in [0.4, 0.5) is 5.69 Å². The SMILES string of the molecule is COC(=O)c1ccnc2ccc(N3CCC4(CC3)COC4)cc12. The summed E-state index contributed by atoms with van der Waals surface area (Å²) >= 11 is 0. The predicted molar refractivity (Wildman–Crippen MR) is 87.8 cm³/mol. The monoisotopic (exact) mass is 312 g/mol. The Morgan fingerprint density at radius 2 is 2.04 bits per heavy atom. The molecule has 0 N–H and O–H groups in total. The van der Waals surface area contributed by atoms with E-state index in [1.807, 2.05) is 6.07 Å². The van der Waals surface area contributed by atoms with E-state index in [1.165, 1.54) is 20.0 Å². The quantitative estimate of drug-likeness (QED) is 0.798. The lowest BCUT2D eigenvalue weighted by molar-refractivity contribution is -0.124. The number of pyridine rings is 1. The fraction of sp³-hybridized carbons (Fsp3) is 0.444. The third kappa shape index (κ3) is 2.45. The third-order valence-electron chi connectivity index (χ3n) is 5.14. The number of ether oxygens (including phenoxy) is 2. The van der Waals surface area contributed by atoms with Crippen molar-refractivity contribution >= 4 is 22.6 Å². The third-order valence-corrected chi connectivity index (χ3v) is 5.14. The van der Waals surface area contributed by atoms with E-state index in [0.29, 0.717) is 11.0 Å². The molecule has 120 valence electrons. The number of esters is 1. The molecule has 0 radical (unpaired) electrons. The number of methoxy groups -OCH3 is 1. The smallest absolute Gasteiger partial charge is 0.338 e. The highest BCUT2D eigenvalue weighted by atomic mass is 16.5. The Bertz CT molecular complexity index is 745. The number of fused-ring (bicyclic) bond motifs is 1. The van der Waals surface area contributed by atoms with Crippen LogP contribution in [0, 0.1) is 5.41 Å². The number of piperidine rings is 1. The standard InChI is InChI=1S/C18H20N2O3/c1-22-17(21)14-4-7-19-16-3-2-13(10-15(14)16)20-8-5-18(6-9-20)11-23-12-18/h2-4,7,10H,5-6,8-9,11-12H2,1H3. The molecule has 0 aliphatic carbocycles. The van der Waals surface area contributed by atoms with E-state index >= 15 is 0 Å². The Morgan fingerprint density at radius 3 is 2.70 bits per heavy atom. The number of aromatic nitrogens is 1. The Kier molecular flexibility index (Phi) is 3.45. The average Bonchev–Trinajstić information content (AvgIpc) is 2.59. The molecular weight excluding hydrogens is 292 g/mol. The second-order valence-corrected chi connectivity index (χ2v) is 6.53. The zero-order chi connectivity index (χ0) is 15.9. The van der Waals surface area contributed by atoms with Crippen LogP contribution in [0.5, 0.6) is 0 Å². The van der Waals surface area contributed by atoms with Crippen LogP contribution in [-0.2, 0) is 9.47 Å². The average molecular weight is 312 g/mol. The first-order valence-electron chi connectivity index (χ1n) is 8.01. The summed E-state index contributed by atoms with van der Waals surface area (Å²) in [6.45, 7) is 3.88. The lowest BCUT2D eigenvalue weighted by Gasteiger charge is -2.47. The highest BCUT2D eigenvalue weighted by Gasteiger charge is 2.41. The summed E-state index contributed by atoms with van der Waals surface area (Å²) in [7, 11) is 1.41. The van der Waals surface area contributed by atoms with Crippen LogP contribution in [-0.4, -0.2) is 44.4 Å². The summed E-state index contributed by atoms with van der Waals surface area (Å²) in [5.74, 6) is -0.321. The summed E-state index contributed by atoms with van der Waals surface area (Å²) in [4.78, 5) is 18.7. The van der Waals surface area contributed by atoms with Gasteiger partial charge in [-0.05, 0) is 37.1 Å². The molecule has 0 amide bonds. The van der Waals surface area contributed by atoms with Crippen molar-refractivity contribution in [3.05, 3.63) is 36.0 Å². The van der Waals surface area contributed by atoms with Gasteiger partial charge in [-0.15, -0.1) is 0 Å². The first kappa shape index (κ1) is 14.5. The van der Waals surface area contributed by atoms with E-state index in [4.69, 9.17) is 9.47 Å². The van der Waals surface area contributed by atoms with Crippen molar-refractivity contribution in [2.24, 2.45) is 5.41 Å². The second kappa shape index (κ2) is 5.49. The van der Waals surface area contributed by atoms with Gasteiger partial charge in [0, 0.05) is 35.8 Å². The summed E-state index contributed by atoms with van der Waals surface area (Å²) < 4.78 is 10.3. The molecule has 2 aromatic rings. The van der Waals surface area contributed by atoms with E-state index in [-0.39, 0.29) is 5.97 Å². The van der Waals surface area contributed by atoms with Crippen molar-refractivity contribution in [3.8, 4) is 0 Å². The number of benzene rings is 1. The van der Waals surface area contributed by atoms with E-state index in [9.17, 15) is 4.79 Å². The van der Waals surface area contributed by atoms with Crippen LogP contribution < -0.4 is 4.90 Å². The topological polar surface area (TPSA) is 51.7 Å². The van der Waals surface area contributed by atoms with Gasteiger partial charge in [0.25, 0.3) is 0 Å². The number of nitrogens with zero attached hydrogens (tertiary/aromatic N) is 2. The van der Waals surface area contributed by atoms with Crippen LogP contribution in [0.1, 0.15) is 23.2 Å². The molecule has 23 heavy (non-hydrogen) atoms. The Morgan fingerprint density at radius 1 is 1.26 bits per heavy atom. The maximum atomic E-state index is 12.0. The van der Waals surface area contributed by atoms with Gasteiger partial charge < -0.3 is 14.4 Å². The molecule has 0 saturated carbocycles. The number of anilines is 1. The van der Waals surface area contributed by atoms with Crippen molar-refractivity contribution in [2.45, 2.75) is 12.8 Å². The highest BCUT2D eigenvalue weighted by Crippen LogP contribution is 2.39. The van der Waals surface area contributed by atoms with Gasteiger partial charge >= 0.3 is 5.97 Å². The number of carbonyl (C=O) groups excluding carboxylic acids is 1. The van der Waals surface area contributed by atoms with Gasteiger partial charge in [-0.2, -0.15) is 0 Å². The molecule has 1 aromatic heterocycles. The van der Waals surface area contributed by atoms with Gasteiger partial charge in [-0.1, -0.05) is 0 Å². The molecule has 4 rings (SSSR count). The van der Waals surface area contributed by atoms with Crippen LogP contribution in [0.3, 0.4) is 0 Å². The van der Waals surface area contributed by atoms with Crippen LogP contribution >= 0.6 is 0 Å². The fourth-order valence-corrected chi connectivity index (χ4v) is 3.54. The van der Waals surface area contributed by atoms with E-state index in [0.717, 1.165) is 42.9 Å². The highest BCUT2D eigenvalue weighted by molar-refractivity contribution is 6.04. The molecule has 2 aliphatic rings. The Labute approximate surface area is 135 Å². The summed E-state index contributed by atoms with van der Waals surface area (Å²) in [5, 5.41) is 0.851. The lowest BCUT2D eigenvalue weighted by Crippen LogP contribution is -2.50. The molecule has 0 atom stereocenters. The van der Waals surface area contributed by atoms with Gasteiger partial charge in [-0.3, -0.25) is 4.98 Å². The number of hydrogen-bond acceptors (Lipinski definition) is 5. The summed E-state index contributed by atoms with van der Waals surface area (Å²) in [5.41, 5.74) is 2.95.